The van der Waals surface area contributed by atoms with Crippen molar-refractivity contribution in [1.82, 2.24) is 5.32 Å². The third-order valence-electron chi connectivity index (χ3n) is 5.87. The summed E-state index contributed by atoms with van der Waals surface area (Å²) in [6.07, 6.45) is 0. The first-order valence-corrected chi connectivity index (χ1v) is 12.8. The lowest BCUT2D eigenvalue weighted by Crippen LogP contribution is -2.30. The van der Waals surface area contributed by atoms with Crippen LogP contribution >= 0.6 is 11.6 Å². The predicted molar refractivity (Wildman–Crippen MR) is 140 cm³/mol. The zero-order valence-corrected chi connectivity index (χ0v) is 20.9. The molecule has 0 aliphatic rings. The third-order valence-corrected chi connectivity index (χ3v) is 7.92. The molecule has 0 bridgehead atoms. The summed E-state index contributed by atoms with van der Waals surface area (Å²) in [7, 11) is -2.29. The molecule has 1 atom stereocenters. The molecule has 0 aliphatic carbocycles. The van der Waals surface area contributed by atoms with E-state index in [0.29, 0.717) is 16.3 Å². The van der Waals surface area contributed by atoms with Gasteiger partial charge in [0.15, 0.2) is 0 Å². The fourth-order valence-corrected chi connectivity index (χ4v) is 5.16. The lowest BCUT2D eigenvalue weighted by molar-refractivity contribution is 0.0943. The monoisotopic (exact) mass is 504 g/mol. The number of hydrogen-bond donors (Lipinski definition) is 1. The Balaban J connectivity index is 1.57. The molecular weight excluding hydrogens is 480 g/mol. The number of nitrogens with one attached hydrogen (secondary N) is 1. The fraction of sp³-hybridized carbons (Fsp3) is 0.107. The van der Waals surface area contributed by atoms with Crippen LogP contribution in [0.5, 0.6) is 0 Å². The van der Waals surface area contributed by atoms with E-state index in [4.69, 9.17) is 11.6 Å². The molecule has 178 valence electrons. The molecule has 0 aromatic heterocycles. The van der Waals surface area contributed by atoms with Gasteiger partial charge in [-0.25, -0.2) is 8.42 Å². The van der Waals surface area contributed by atoms with E-state index < -0.39 is 10.0 Å². The molecule has 0 heterocycles. The van der Waals surface area contributed by atoms with E-state index in [0.717, 1.165) is 16.7 Å². The molecule has 4 aromatic rings. The minimum atomic E-state index is -3.76. The highest BCUT2D eigenvalue weighted by molar-refractivity contribution is 7.92. The highest BCUT2D eigenvalue weighted by atomic mass is 35.5. The number of nitrogens with zero attached hydrogens (tertiary/aromatic N) is 1. The lowest BCUT2D eigenvalue weighted by Gasteiger charge is -2.22. The standard InChI is InChI=1S/C28H25ClN2O3S/c1-20-8-6-7-11-26(20)27(21-9-4-3-5-10-21)30-28(32)22-12-16-24(17-13-22)31(2)35(33,34)25-18-14-23(29)15-19-25/h3-19,27H,1-2H3,(H,30,32). The van der Waals surface area contributed by atoms with Crippen LogP contribution in [0.4, 0.5) is 5.69 Å². The molecule has 1 unspecified atom stereocenters. The van der Waals surface area contributed by atoms with Crippen molar-refractivity contribution in [3.05, 3.63) is 130 Å². The second-order valence-electron chi connectivity index (χ2n) is 8.15. The Morgan fingerprint density at radius 3 is 2.06 bits per heavy atom. The zero-order chi connectivity index (χ0) is 25.0. The maximum absolute atomic E-state index is 13.2. The van der Waals surface area contributed by atoms with Gasteiger partial charge in [0.2, 0.25) is 0 Å². The number of aryl methyl sites for hydroxylation is 1. The Labute approximate surface area is 211 Å². The Bertz CT molecular complexity index is 1420. The molecule has 5 nitrogen and oxygen atoms in total. The number of carbonyl (C=O) groups is 1. The second kappa shape index (κ2) is 10.3. The van der Waals surface area contributed by atoms with Gasteiger partial charge in [-0.3, -0.25) is 9.10 Å². The summed E-state index contributed by atoms with van der Waals surface area (Å²) in [5, 5.41) is 3.59. The fourth-order valence-electron chi connectivity index (χ4n) is 3.84. The number of amides is 1. The van der Waals surface area contributed by atoms with Gasteiger partial charge in [0.25, 0.3) is 15.9 Å². The van der Waals surface area contributed by atoms with Gasteiger partial charge in [0.05, 0.1) is 16.6 Å². The van der Waals surface area contributed by atoms with Crippen molar-refractivity contribution in [3.63, 3.8) is 0 Å². The van der Waals surface area contributed by atoms with Gasteiger partial charge in [-0.05, 0) is 72.1 Å². The number of sulfonamides is 1. The van der Waals surface area contributed by atoms with Gasteiger partial charge in [0.1, 0.15) is 0 Å². The molecule has 0 saturated heterocycles. The van der Waals surface area contributed by atoms with Gasteiger partial charge >= 0.3 is 0 Å². The first-order valence-electron chi connectivity index (χ1n) is 11.0. The number of anilines is 1. The maximum atomic E-state index is 13.2. The van der Waals surface area contributed by atoms with Crippen LogP contribution in [0, 0.1) is 6.92 Å². The van der Waals surface area contributed by atoms with E-state index in [1.54, 1.807) is 24.3 Å². The summed E-state index contributed by atoms with van der Waals surface area (Å²) in [4.78, 5) is 13.3. The van der Waals surface area contributed by atoms with Crippen molar-refractivity contribution < 1.29 is 13.2 Å². The van der Waals surface area contributed by atoms with E-state index >= 15 is 0 Å². The molecule has 0 aliphatic heterocycles. The number of benzene rings is 4. The van der Waals surface area contributed by atoms with Crippen molar-refractivity contribution in [3.8, 4) is 0 Å². The van der Waals surface area contributed by atoms with E-state index in [-0.39, 0.29) is 16.8 Å². The highest BCUT2D eigenvalue weighted by Crippen LogP contribution is 2.27. The highest BCUT2D eigenvalue weighted by Gasteiger charge is 2.22. The van der Waals surface area contributed by atoms with E-state index in [9.17, 15) is 13.2 Å². The molecule has 7 heteroatoms. The van der Waals surface area contributed by atoms with Gasteiger partial charge < -0.3 is 5.32 Å². The molecule has 0 saturated carbocycles. The molecule has 35 heavy (non-hydrogen) atoms. The SMILES string of the molecule is Cc1ccccc1C(NC(=O)c1ccc(N(C)S(=O)(=O)c2ccc(Cl)cc2)cc1)c1ccccc1. The number of carbonyl (C=O) groups excluding carboxylic acids is 1. The summed E-state index contributed by atoms with van der Waals surface area (Å²) in [5.74, 6) is -0.253. The maximum Gasteiger partial charge on any atom is 0.264 e. The summed E-state index contributed by atoms with van der Waals surface area (Å²) in [6.45, 7) is 2.02. The average molecular weight is 505 g/mol. The number of hydrogen-bond acceptors (Lipinski definition) is 3. The number of halogens is 1. The molecule has 1 N–H and O–H groups in total. The zero-order valence-electron chi connectivity index (χ0n) is 19.4. The minimum Gasteiger partial charge on any atom is -0.341 e. The Morgan fingerprint density at radius 2 is 1.43 bits per heavy atom. The van der Waals surface area contributed by atoms with Crippen molar-refractivity contribution in [2.75, 3.05) is 11.4 Å². The molecular formula is C28H25ClN2O3S. The Morgan fingerprint density at radius 1 is 0.829 bits per heavy atom. The van der Waals surface area contributed by atoms with Crippen molar-refractivity contribution in [1.29, 1.82) is 0 Å². The van der Waals surface area contributed by atoms with Crippen molar-refractivity contribution in [2.24, 2.45) is 0 Å². The van der Waals surface area contributed by atoms with Gasteiger partial charge in [-0.15, -0.1) is 0 Å². The summed E-state index contributed by atoms with van der Waals surface area (Å²) >= 11 is 5.88. The smallest absolute Gasteiger partial charge is 0.264 e. The van der Waals surface area contributed by atoms with Crippen LogP contribution in [-0.2, 0) is 10.0 Å². The van der Waals surface area contributed by atoms with Crippen LogP contribution in [0.3, 0.4) is 0 Å². The third kappa shape index (κ3) is 5.39. The van der Waals surface area contributed by atoms with E-state index in [1.807, 2.05) is 61.5 Å². The van der Waals surface area contributed by atoms with Crippen LogP contribution in [-0.4, -0.2) is 21.4 Å². The lowest BCUT2D eigenvalue weighted by atomic mass is 9.94. The molecule has 0 radical (unpaired) electrons. The quantitative estimate of drug-likeness (QED) is 0.336. The van der Waals surface area contributed by atoms with Crippen LogP contribution in [0.1, 0.15) is 33.1 Å². The first-order chi connectivity index (χ1) is 16.8. The topological polar surface area (TPSA) is 66.5 Å². The minimum absolute atomic E-state index is 0.134. The summed E-state index contributed by atoms with van der Waals surface area (Å²) < 4.78 is 27.1. The average Bonchev–Trinajstić information content (AvgIpc) is 2.88. The first kappa shape index (κ1) is 24.5. The largest absolute Gasteiger partial charge is 0.341 e. The molecule has 4 rings (SSSR count). The van der Waals surface area contributed by atoms with Crippen LogP contribution in [0.25, 0.3) is 0 Å². The molecule has 1 amide bonds. The molecule has 0 spiro atoms. The van der Waals surface area contributed by atoms with Gasteiger partial charge in [-0.1, -0.05) is 66.2 Å². The molecule has 4 aromatic carbocycles. The predicted octanol–water partition coefficient (Wildman–Crippen LogP) is 5.99. The van der Waals surface area contributed by atoms with Crippen LogP contribution < -0.4 is 9.62 Å². The van der Waals surface area contributed by atoms with Crippen molar-refractivity contribution >= 4 is 33.2 Å². The summed E-state index contributed by atoms with van der Waals surface area (Å²) in [5.41, 5.74) is 3.93. The van der Waals surface area contributed by atoms with Crippen LogP contribution in [0.15, 0.2) is 108 Å². The van der Waals surface area contributed by atoms with Gasteiger partial charge in [-0.2, -0.15) is 0 Å². The van der Waals surface area contributed by atoms with Crippen molar-refractivity contribution in [2.45, 2.75) is 17.9 Å². The van der Waals surface area contributed by atoms with Gasteiger partial charge in [0, 0.05) is 17.6 Å². The normalized spacial score (nSPS) is 12.1. The summed E-state index contributed by atoms with van der Waals surface area (Å²) in [6, 6.07) is 29.9. The Kier molecular flexibility index (Phi) is 7.24. The number of rotatable bonds is 7. The second-order valence-corrected chi connectivity index (χ2v) is 10.6. The van der Waals surface area contributed by atoms with E-state index in [1.165, 1.54) is 35.6 Å². The Hall–Kier alpha value is -3.61. The van der Waals surface area contributed by atoms with Crippen LogP contribution in [0.2, 0.25) is 5.02 Å². The molecule has 0 fully saturated rings. The van der Waals surface area contributed by atoms with E-state index in [2.05, 4.69) is 5.32 Å².